The summed E-state index contributed by atoms with van der Waals surface area (Å²) in [6.45, 7) is 8.31. The van der Waals surface area contributed by atoms with Crippen LogP contribution in [-0.4, -0.2) is 46.3 Å². The van der Waals surface area contributed by atoms with Gasteiger partial charge in [0.05, 0.1) is 22.0 Å². The van der Waals surface area contributed by atoms with E-state index >= 15 is 0 Å². The van der Waals surface area contributed by atoms with E-state index in [0.717, 1.165) is 40.6 Å². The summed E-state index contributed by atoms with van der Waals surface area (Å²) >= 11 is 1.69. The van der Waals surface area contributed by atoms with Gasteiger partial charge in [-0.2, -0.15) is 5.10 Å². The summed E-state index contributed by atoms with van der Waals surface area (Å²) in [5.41, 5.74) is 2.07. The minimum atomic E-state index is 0.0301. The number of nitrogens with zero attached hydrogens (tertiary/aromatic N) is 6. The lowest BCUT2D eigenvalue weighted by molar-refractivity contribution is 0.486. The van der Waals surface area contributed by atoms with Crippen LogP contribution in [0.25, 0.3) is 10.2 Å². The maximum atomic E-state index is 4.50. The fourth-order valence-corrected chi connectivity index (χ4v) is 3.86. The SMILES string of the molecule is CN(c1ncnc2ccsc12)C1CN(c2ccc(C(C)(C)C)nn2)C1. The molecule has 1 aliphatic rings. The van der Waals surface area contributed by atoms with Gasteiger partial charge in [0, 0.05) is 25.6 Å². The molecule has 0 radical (unpaired) electrons. The van der Waals surface area contributed by atoms with E-state index in [0.29, 0.717) is 6.04 Å². The third-order valence-corrected chi connectivity index (χ3v) is 5.61. The summed E-state index contributed by atoms with van der Waals surface area (Å²) in [4.78, 5) is 13.3. The second kappa shape index (κ2) is 5.91. The van der Waals surface area contributed by atoms with Gasteiger partial charge in [0.15, 0.2) is 5.82 Å². The molecule has 0 aliphatic carbocycles. The van der Waals surface area contributed by atoms with Crippen molar-refractivity contribution < 1.29 is 0 Å². The molecule has 3 aromatic rings. The van der Waals surface area contributed by atoms with Crippen molar-refractivity contribution in [3.05, 3.63) is 35.6 Å². The molecule has 0 saturated carbocycles. The molecule has 4 heterocycles. The van der Waals surface area contributed by atoms with Crippen molar-refractivity contribution >= 4 is 33.2 Å². The summed E-state index contributed by atoms with van der Waals surface area (Å²) in [6.07, 6.45) is 1.65. The molecule has 1 fully saturated rings. The predicted molar refractivity (Wildman–Crippen MR) is 103 cm³/mol. The summed E-state index contributed by atoms with van der Waals surface area (Å²) < 4.78 is 1.15. The molecule has 0 spiro atoms. The first-order chi connectivity index (χ1) is 11.9. The Morgan fingerprint density at radius 1 is 1.12 bits per heavy atom. The number of thiophene rings is 1. The van der Waals surface area contributed by atoms with Crippen LogP contribution in [0.5, 0.6) is 0 Å². The Kier molecular flexibility index (Phi) is 3.83. The summed E-state index contributed by atoms with van der Waals surface area (Å²) in [5, 5.41) is 10.9. The van der Waals surface area contributed by atoms with Crippen LogP contribution in [0.2, 0.25) is 0 Å². The van der Waals surface area contributed by atoms with Crippen molar-refractivity contribution in [1.29, 1.82) is 0 Å². The Balaban J connectivity index is 1.46. The van der Waals surface area contributed by atoms with Crippen molar-refractivity contribution in [2.24, 2.45) is 0 Å². The Bertz CT molecular complexity index is 876. The van der Waals surface area contributed by atoms with Crippen LogP contribution in [0.4, 0.5) is 11.6 Å². The van der Waals surface area contributed by atoms with Crippen molar-refractivity contribution in [3.8, 4) is 0 Å². The summed E-state index contributed by atoms with van der Waals surface area (Å²) in [6, 6.07) is 6.62. The molecule has 0 aromatic carbocycles. The smallest absolute Gasteiger partial charge is 0.151 e. The van der Waals surface area contributed by atoms with Gasteiger partial charge in [-0.15, -0.1) is 16.4 Å². The molecule has 25 heavy (non-hydrogen) atoms. The quantitative estimate of drug-likeness (QED) is 0.720. The molecule has 4 rings (SSSR count). The number of likely N-dealkylation sites (N-methyl/N-ethyl adjacent to an activating group) is 1. The highest BCUT2D eigenvalue weighted by Crippen LogP contribution is 2.31. The van der Waals surface area contributed by atoms with E-state index in [1.165, 1.54) is 0 Å². The number of rotatable bonds is 3. The van der Waals surface area contributed by atoms with Crippen molar-refractivity contribution in [3.63, 3.8) is 0 Å². The topological polar surface area (TPSA) is 58.0 Å². The number of hydrogen-bond donors (Lipinski definition) is 0. The van der Waals surface area contributed by atoms with Crippen LogP contribution in [-0.2, 0) is 5.41 Å². The van der Waals surface area contributed by atoms with E-state index in [2.05, 4.69) is 75.3 Å². The van der Waals surface area contributed by atoms with Gasteiger partial charge in [0.1, 0.15) is 12.1 Å². The molecule has 1 saturated heterocycles. The molecule has 130 valence electrons. The lowest BCUT2D eigenvalue weighted by Crippen LogP contribution is -2.59. The Hall–Kier alpha value is -2.28. The fraction of sp³-hybridized carbons (Fsp3) is 0.444. The minimum absolute atomic E-state index is 0.0301. The third-order valence-electron chi connectivity index (χ3n) is 4.71. The highest BCUT2D eigenvalue weighted by atomic mass is 32.1. The van der Waals surface area contributed by atoms with Crippen LogP contribution >= 0.6 is 11.3 Å². The molecule has 3 aromatic heterocycles. The van der Waals surface area contributed by atoms with Crippen LogP contribution in [0.15, 0.2) is 29.9 Å². The van der Waals surface area contributed by atoms with Gasteiger partial charge in [0.25, 0.3) is 0 Å². The lowest BCUT2D eigenvalue weighted by atomic mass is 9.92. The number of hydrogen-bond acceptors (Lipinski definition) is 7. The molecule has 1 aliphatic heterocycles. The maximum Gasteiger partial charge on any atom is 0.151 e. The van der Waals surface area contributed by atoms with Gasteiger partial charge in [-0.1, -0.05) is 20.8 Å². The fourth-order valence-electron chi connectivity index (χ4n) is 2.98. The first kappa shape index (κ1) is 16.2. The average Bonchev–Trinajstić information content (AvgIpc) is 3.01. The first-order valence-electron chi connectivity index (χ1n) is 8.43. The number of fused-ring (bicyclic) bond motifs is 1. The van der Waals surface area contributed by atoms with E-state index in [-0.39, 0.29) is 5.41 Å². The Labute approximate surface area is 151 Å². The van der Waals surface area contributed by atoms with E-state index in [1.807, 2.05) is 6.07 Å². The largest absolute Gasteiger partial charge is 0.352 e. The molecule has 0 atom stereocenters. The van der Waals surface area contributed by atoms with Crippen molar-refractivity contribution in [1.82, 2.24) is 20.2 Å². The van der Waals surface area contributed by atoms with Gasteiger partial charge in [-0.3, -0.25) is 0 Å². The van der Waals surface area contributed by atoms with Gasteiger partial charge in [-0.05, 0) is 23.6 Å². The standard InChI is InChI=1S/C18H22N6S/c1-18(2,3)14-5-6-15(22-21-14)24-9-12(10-24)23(4)17-16-13(7-8-25-16)19-11-20-17/h5-8,11-12H,9-10H2,1-4H3. The van der Waals surface area contributed by atoms with E-state index in [4.69, 9.17) is 0 Å². The van der Waals surface area contributed by atoms with E-state index in [1.54, 1.807) is 17.7 Å². The zero-order valence-corrected chi connectivity index (χ0v) is 15.8. The molecular weight excluding hydrogens is 332 g/mol. The molecule has 0 bridgehead atoms. The van der Waals surface area contributed by atoms with Gasteiger partial charge in [-0.25, -0.2) is 9.97 Å². The maximum absolute atomic E-state index is 4.50. The lowest BCUT2D eigenvalue weighted by Gasteiger charge is -2.44. The van der Waals surface area contributed by atoms with Crippen molar-refractivity contribution in [2.75, 3.05) is 29.9 Å². The van der Waals surface area contributed by atoms with Crippen LogP contribution in [0, 0.1) is 0 Å². The molecule has 0 amide bonds. The first-order valence-corrected chi connectivity index (χ1v) is 9.31. The molecular formula is C18H22N6S. The van der Waals surface area contributed by atoms with Crippen LogP contribution in [0.1, 0.15) is 26.5 Å². The normalized spacial score (nSPS) is 15.4. The zero-order chi connectivity index (χ0) is 17.6. The second-order valence-corrected chi connectivity index (χ2v) is 8.44. The Morgan fingerprint density at radius 2 is 1.92 bits per heavy atom. The molecule has 6 nitrogen and oxygen atoms in total. The summed E-state index contributed by atoms with van der Waals surface area (Å²) in [5.74, 6) is 1.96. The molecule has 0 unspecified atom stereocenters. The molecule has 7 heteroatoms. The predicted octanol–water partition coefficient (Wildman–Crippen LogP) is 3.10. The highest BCUT2D eigenvalue weighted by molar-refractivity contribution is 7.17. The Morgan fingerprint density at radius 3 is 2.60 bits per heavy atom. The van der Waals surface area contributed by atoms with Gasteiger partial charge >= 0.3 is 0 Å². The van der Waals surface area contributed by atoms with Gasteiger partial charge in [0.2, 0.25) is 0 Å². The minimum Gasteiger partial charge on any atom is -0.352 e. The zero-order valence-electron chi connectivity index (χ0n) is 15.0. The molecule has 0 N–H and O–H groups in total. The number of anilines is 2. The monoisotopic (exact) mass is 354 g/mol. The summed E-state index contributed by atoms with van der Waals surface area (Å²) in [7, 11) is 2.11. The third kappa shape index (κ3) is 2.93. The van der Waals surface area contributed by atoms with Crippen molar-refractivity contribution in [2.45, 2.75) is 32.2 Å². The van der Waals surface area contributed by atoms with Crippen LogP contribution in [0.3, 0.4) is 0 Å². The van der Waals surface area contributed by atoms with Crippen LogP contribution < -0.4 is 9.80 Å². The van der Waals surface area contributed by atoms with Gasteiger partial charge < -0.3 is 9.80 Å². The second-order valence-electron chi connectivity index (χ2n) is 7.53. The average molecular weight is 354 g/mol. The number of aromatic nitrogens is 4. The van der Waals surface area contributed by atoms with E-state index < -0.39 is 0 Å². The van der Waals surface area contributed by atoms with E-state index in [9.17, 15) is 0 Å². The highest BCUT2D eigenvalue weighted by Gasteiger charge is 2.33.